The van der Waals surface area contributed by atoms with Crippen LogP contribution in [0.15, 0.2) is 0 Å². The van der Waals surface area contributed by atoms with Crippen LogP contribution in [-0.2, 0) is 23.7 Å². The van der Waals surface area contributed by atoms with Gasteiger partial charge in [-0.3, -0.25) is 4.79 Å². The van der Waals surface area contributed by atoms with Crippen LogP contribution in [0.5, 0.6) is 0 Å². The summed E-state index contributed by atoms with van der Waals surface area (Å²) < 4.78 is 24.8. The molecular weight excluding hydrogens is 616 g/mol. The van der Waals surface area contributed by atoms with Crippen molar-refractivity contribution in [2.24, 2.45) is 50.7 Å². The number of ether oxygens (including phenoxy) is 4. The van der Waals surface area contributed by atoms with Gasteiger partial charge < -0.3 is 44.5 Å². The van der Waals surface area contributed by atoms with Crippen LogP contribution in [0.25, 0.3) is 0 Å². The highest BCUT2D eigenvalue weighted by Gasteiger charge is 2.84. The number of hydrogen-bond donors (Lipinski definition) is 5. The summed E-state index contributed by atoms with van der Waals surface area (Å²) in [5.41, 5.74) is -1.61. The van der Waals surface area contributed by atoms with Crippen molar-refractivity contribution in [3.05, 3.63) is 0 Å². The summed E-state index contributed by atoms with van der Waals surface area (Å²) in [7, 11) is 0. The van der Waals surface area contributed by atoms with Crippen molar-refractivity contribution in [1.82, 2.24) is 0 Å². The molecule has 0 aromatic rings. The van der Waals surface area contributed by atoms with Crippen LogP contribution in [0.1, 0.15) is 113 Å². The van der Waals surface area contributed by atoms with Gasteiger partial charge in [-0.15, -0.1) is 0 Å². The molecule has 5 saturated carbocycles. The van der Waals surface area contributed by atoms with E-state index in [1.807, 2.05) is 0 Å². The van der Waals surface area contributed by atoms with E-state index in [1.165, 1.54) is 6.42 Å². The quantitative estimate of drug-likeness (QED) is 0.207. The highest BCUT2D eigenvalue weighted by Crippen LogP contribution is 2.89. The third kappa shape index (κ3) is 4.61. The number of hydrogen-bond acceptors (Lipinski definition) is 10. The first-order chi connectivity index (χ1) is 22.3. The lowest BCUT2D eigenvalue weighted by Gasteiger charge is -2.64. The van der Waals surface area contributed by atoms with Gasteiger partial charge in [-0.05, 0) is 111 Å². The van der Waals surface area contributed by atoms with Crippen molar-refractivity contribution in [3.63, 3.8) is 0 Å². The Hall–Kier alpha value is -0.850. The molecule has 10 nitrogen and oxygen atoms in total. The van der Waals surface area contributed by atoms with E-state index in [1.54, 1.807) is 20.8 Å². The minimum absolute atomic E-state index is 0.0682. The van der Waals surface area contributed by atoms with Gasteiger partial charge in [0.15, 0.2) is 12.4 Å². The second kappa shape index (κ2) is 11.3. The predicted octanol–water partition coefficient (Wildman–Crippen LogP) is 3.72. The van der Waals surface area contributed by atoms with Crippen LogP contribution in [0.4, 0.5) is 0 Å². The Kier molecular flexibility index (Phi) is 8.39. The number of aliphatic hydroxyl groups excluding tert-OH is 4. The van der Waals surface area contributed by atoms with E-state index in [0.717, 1.165) is 38.5 Å². The second-order valence-corrected chi connectivity index (χ2v) is 18.8. The van der Waals surface area contributed by atoms with Gasteiger partial charge in [-0.25, -0.2) is 0 Å². The van der Waals surface area contributed by atoms with Crippen molar-refractivity contribution < 1.29 is 49.3 Å². The lowest BCUT2D eigenvalue weighted by molar-refractivity contribution is -0.303. The van der Waals surface area contributed by atoms with Crippen LogP contribution < -0.4 is 0 Å². The molecule has 5 aliphatic carbocycles. The maximum absolute atomic E-state index is 12.6. The number of carbonyl (C=O) groups is 1. The molecule has 2 heterocycles. The van der Waals surface area contributed by atoms with E-state index in [2.05, 4.69) is 34.6 Å². The fourth-order valence-electron chi connectivity index (χ4n) is 13.7. The molecule has 10 heteroatoms. The van der Waals surface area contributed by atoms with E-state index in [-0.39, 0.29) is 64.0 Å². The summed E-state index contributed by atoms with van der Waals surface area (Å²) in [6.45, 7) is 16.6. The number of fused-ring (bicyclic) bond motifs is 4. The Morgan fingerprint density at radius 2 is 1.62 bits per heavy atom. The third-order valence-electron chi connectivity index (χ3n) is 16.1. The first kappa shape index (κ1) is 35.5. The van der Waals surface area contributed by atoms with Crippen LogP contribution in [-0.4, -0.2) is 98.8 Å². The van der Waals surface area contributed by atoms with Gasteiger partial charge in [0.25, 0.3) is 0 Å². The van der Waals surface area contributed by atoms with Crippen molar-refractivity contribution in [2.45, 2.75) is 174 Å². The Morgan fingerprint density at radius 3 is 2.29 bits per heavy atom. The molecule has 2 aliphatic heterocycles. The normalized spacial score (nSPS) is 54.5. The largest absolute Gasteiger partial charge is 0.457 e. The summed E-state index contributed by atoms with van der Waals surface area (Å²) in [4.78, 5) is 12.4. The zero-order valence-corrected chi connectivity index (χ0v) is 30.4. The average molecular weight is 679 g/mol. The number of rotatable bonds is 6. The number of aliphatic hydroxyl groups is 5. The summed E-state index contributed by atoms with van der Waals surface area (Å²) in [5, 5.41) is 54.5. The maximum atomic E-state index is 12.6. The van der Waals surface area contributed by atoms with Gasteiger partial charge in [0.05, 0.1) is 36.6 Å². The molecule has 2 saturated heterocycles. The summed E-state index contributed by atoms with van der Waals surface area (Å²) in [6, 6.07) is 0. The van der Waals surface area contributed by atoms with Crippen molar-refractivity contribution in [2.75, 3.05) is 6.61 Å². The molecule has 2 spiro atoms. The fraction of sp³-hybridized carbons (Fsp3) is 0.974. The van der Waals surface area contributed by atoms with Gasteiger partial charge in [0.2, 0.25) is 0 Å². The summed E-state index contributed by atoms with van der Waals surface area (Å²) in [5.74, 6) is 0.804. The molecule has 0 aromatic carbocycles. The van der Waals surface area contributed by atoms with Gasteiger partial charge in [0, 0.05) is 11.8 Å². The third-order valence-corrected chi connectivity index (χ3v) is 16.1. The van der Waals surface area contributed by atoms with Gasteiger partial charge >= 0.3 is 5.97 Å². The Morgan fingerprint density at radius 1 is 0.958 bits per heavy atom. The minimum Gasteiger partial charge on any atom is -0.457 e. The molecule has 0 amide bonds. The lowest BCUT2D eigenvalue weighted by Crippen LogP contribution is -2.61. The van der Waals surface area contributed by atoms with E-state index >= 15 is 0 Å². The van der Waals surface area contributed by atoms with Crippen molar-refractivity contribution in [1.29, 1.82) is 0 Å². The first-order valence-electron chi connectivity index (χ1n) is 18.9. The molecule has 7 aliphatic rings. The highest BCUT2D eigenvalue weighted by molar-refractivity contribution is 5.69. The molecule has 0 bridgehead atoms. The van der Waals surface area contributed by atoms with Crippen LogP contribution >= 0.6 is 0 Å². The molecule has 5 N–H and O–H groups in total. The lowest BCUT2D eigenvalue weighted by atomic mass is 9.41. The first-order valence-corrected chi connectivity index (χ1v) is 18.9. The van der Waals surface area contributed by atoms with Gasteiger partial charge in [-0.1, -0.05) is 41.5 Å². The summed E-state index contributed by atoms with van der Waals surface area (Å²) in [6.07, 6.45) is 0.945. The molecule has 0 aromatic heterocycles. The van der Waals surface area contributed by atoms with E-state index < -0.39 is 54.6 Å². The zero-order valence-electron chi connectivity index (χ0n) is 30.4. The molecule has 48 heavy (non-hydrogen) atoms. The topological polar surface area (TPSA) is 155 Å². The minimum atomic E-state index is -1.30. The number of esters is 1. The van der Waals surface area contributed by atoms with E-state index in [0.29, 0.717) is 18.3 Å². The SMILES string of the molecule is CCC(=O)OC(C1C[C@@H](C)[C@H]2C(O1)[C@H](O)[C@@]1(C)C3CC[C@H]4C(C)(C)C(O[C@@H]5OC[C@@H](O)C(O)C5O)CCC45CC35CCC21C)C(C)(C)O. The highest BCUT2D eigenvalue weighted by atomic mass is 16.7. The second-order valence-electron chi connectivity index (χ2n) is 18.8. The fourth-order valence-corrected chi connectivity index (χ4v) is 13.7. The molecular formula is C38H62O10. The average Bonchev–Trinajstić information content (AvgIpc) is 3.65. The zero-order chi connectivity index (χ0) is 35.0. The Balaban J connectivity index is 1.14. The molecule has 0 radical (unpaired) electrons. The molecule has 7 fully saturated rings. The van der Waals surface area contributed by atoms with Crippen LogP contribution in [0, 0.1) is 50.7 Å². The maximum Gasteiger partial charge on any atom is 0.305 e. The smallest absolute Gasteiger partial charge is 0.305 e. The molecule has 7 rings (SSSR count). The molecule has 274 valence electrons. The molecule has 17 atom stereocenters. The summed E-state index contributed by atoms with van der Waals surface area (Å²) >= 11 is 0. The standard InChI is InChI=1S/C38H62O10/c1-9-25(40)48-31(34(5,6)44)21-16-19(2)26-29(46-21)30(43)36(8)23-11-10-22-33(3,4)24(47-32-28(42)27(41)20(39)17-45-32)12-13-37(22)18-38(23,37)15-14-35(26,36)7/h19-24,26-32,39,41-44H,9-18H2,1-8H3/t19-,20-,21?,22+,23?,24?,26+,27?,28?,29?,30+,31?,32+,35?,36-,37?,38?/m1/s1. The van der Waals surface area contributed by atoms with Gasteiger partial charge in [0.1, 0.15) is 18.3 Å². The Labute approximate surface area is 286 Å². The number of carbonyl (C=O) groups excluding carboxylic acids is 1. The van der Waals surface area contributed by atoms with Crippen molar-refractivity contribution in [3.8, 4) is 0 Å². The van der Waals surface area contributed by atoms with Crippen LogP contribution in [0.3, 0.4) is 0 Å². The monoisotopic (exact) mass is 678 g/mol. The molecule has 10 unspecified atom stereocenters. The van der Waals surface area contributed by atoms with Crippen molar-refractivity contribution >= 4 is 5.97 Å². The van der Waals surface area contributed by atoms with E-state index in [9.17, 15) is 30.3 Å². The van der Waals surface area contributed by atoms with Gasteiger partial charge in [-0.2, -0.15) is 0 Å². The van der Waals surface area contributed by atoms with E-state index in [4.69, 9.17) is 18.9 Å². The van der Waals surface area contributed by atoms with Crippen LogP contribution in [0.2, 0.25) is 0 Å². The Bertz CT molecular complexity index is 1270. The predicted molar refractivity (Wildman–Crippen MR) is 175 cm³/mol.